The van der Waals surface area contributed by atoms with E-state index in [0.717, 1.165) is 51.4 Å². The second-order valence-electron chi connectivity index (χ2n) is 12.3. The molecular weight excluding hydrogens is 548 g/mol. The van der Waals surface area contributed by atoms with Crippen molar-refractivity contribution < 1.29 is 24.2 Å². The molecule has 0 aliphatic carbocycles. The van der Waals surface area contributed by atoms with Crippen molar-refractivity contribution in [2.24, 2.45) is 0 Å². The van der Waals surface area contributed by atoms with Gasteiger partial charge in [0.15, 0.2) is 6.10 Å². The first-order valence-corrected chi connectivity index (χ1v) is 18.5. The van der Waals surface area contributed by atoms with Crippen molar-refractivity contribution in [1.29, 1.82) is 0 Å². The van der Waals surface area contributed by atoms with Gasteiger partial charge in [0.25, 0.3) is 0 Å². The van der Waals surface area contributed by atoms with Crippen LogP contribution in [0.5, 0.6) is 0 Å². The van der Waals surface area contributed by atoms with Crippen LogP contribution >= 0.6 is 0 Å². The molecule has 0 spiro atoms. The van der Waals surface area contributed by atoms with Gasteiger partial charge in [-0.2, -0.15) is 0 Å². The van der Waals surface area contributed by atoms with E-state index >= 15 is 0 Å². The molecule has 0 radical (unpaired) electrons. The molecule has 5 heteroatoms. The molecule has 0 aliphatic rings. The fourth-order valence-corrected chi connectivity index (χ4v) is 5.05. The molecule has 44 heavy (non-hydrogen) atoms. The second-order valence-corrected chi connectivity index (χ2v) is 12.3. The van der Waals surface area contributed by atoms with Gasteiger partial charge in [-0.3, -0.25) is 9.59 Å². The van der Waals surface area contributed by atoms with E-state index < -0.39 is 6.10 Å². The van der Waals surface area contributed by atoms with E-state index in [1.165, 1.54) is 103 Å². The first-order chi connectivity index (χ1) is 21.6. The van der Waals surface area contributed by atoms with E-state index in [1.807, 2.05) is 0 Å². The summed E-state index contributed by atoms with van der Waals surface area (Å²) in [5, 5.41) is 9.53. The summed E-state index contributed by atoms with van der Waals surface area (Å²) in [6, 6.07) is 0. The normalized spacial score (nSPS) is 12.5. The number of rotatable bonds is 33. The van der Waals surface area contributed by atoms with E-state index in [2.05, 4.69) is 50.3 Å². The summed E-state index contributed by atoms with van der Waals surface area (Å²) >= 11 is 0. The SMILES string of the molecule is CCCCC/C=C/C/C=C/CCCCCCCC(=O)O[C@@H](CO)COC(=O)CCCCCCCCC/C=C/CCCCCC. The Balaban J connectivity index is 3.60. The van der Waals surface area contributed by atoms with Gasteiger partial charge in [0.2, 0.25) is 0 Å². The first-order valence-electron chi connectivity index (χ1n) is 18.5. The lowest BCUT2D eigenvalue weighted by Crippen LogP contribution is -2.28. The fourth-order valence-electron chi connectivity index (χ4n) is 5.05. The van der Waals surface area contributed by atoms with E-state index in [-0.39, 0.29) is 25.2 Å². The number of carbonyl (C=O) groups is 2. The van der Waals surface area contributed by atoms with Crippen molar-refractivity contribution >= 4 is 11.9 Å². The van der Waals surface area contributed by atoms with Crippen molar-refractivity contribution in [3.05, 3.63) is 36.5 Å². The van der Waals surface area contributed by atoms with Gasteiger partial charge in [0.1, 0.15) is 6.61 Å². The highest BCUT2D eigenvalue weighted by atomic mass is 16.6. The Morgan fingerprint density at radius 3 is 1.41 bits per heavy atom. The van der Waals surface area contributed by atoms with Gasteiger partial charge in [0, 0.05) is 12.8 Å². The minimum absolute atomic E-state index is 0.0730. The number of unbranched alkanes of at least 4 members (excludes halogenated alkanes) is 19. The molecule has 0 aliphatic heterocycles. The molecule has 0 aromatic carbocycles. The Hall–Kier alpha value is -1.88. The lowest BCUT2D eigenvalue weighted by molar-refractivity contribution is -0.161. The molecule has 256 valence electrons. The number of allylic oxidation sites excluding steroid dienone is 6. The summed E-state index contributed by atoms with van der Waals surface area (Å²) in [5.41, 5.74) is 0. The van der Waals surface area contributed by atoms with Gasteiger partial charge in [-0.25, -0.2) is 0 Å². The van der Waals surface area contributed by atoms with Crippen LogP contribution in [0.25, 0.3) is 0 Å². The molecule has 0 amide bonds. The van der Waals surface area contributed by atoms with Crippen LogP contribution in [0.4, 0.5) is 0 Å². The molecule has 0 unspecified atom stereocenters. The van der Waals surface area contributed by atoms with Gasteiger partial charge in [-0.05, 0) is 70.6 Å². The molecule has 5 nitrogen and oxygen atoms in total. The number of hydrogen-bond acceptors (Lipinski definition) is 5. The predicted molar refractivity (Wildman–Crippen MR) is 187 cm³/mol. The molecule has 1 atom stereocenters. The van der Waals surface area contributed by atoms with Crippen molar-refractivity contribution in [2.45, 2.75) is 187 Å². The first kappa shape index (κ1) is 42.1. The van der Waals surface area contributed by atoms with Crippen LogP contribution in [0, 0.1) is 0 Å². The number of hydrogen-bond donors (Lipinski definition) is 1. The maximum atomic E-state index is 12.1. The van der Waals surface area contributed by atoms with Gasteiger partial charge in [0.05, 0.1) is 6.61 Å². The third-order valence-electron chi connectivity index (χ3n) is 7.91. The fraction of sp³-hybridized carbons (Fsp3) is 0.795. The lowest BCUT2D eigenvalue weighted by Gasteiger charge is -2.15. The van der Waals surface area contributed by atoms with E-state index in [4.69, 9.17) is 9.47 Å². The number of aliphatic hydroxyl groups is 1. The van der Waals surface area contributed by atoms with Crippen molar-refractivity contribution in [1.82, 2.24) is 0 Å². The Morgan fingerprint density at radius 2 is 0.909 bits per heavy atom. The Morgan fingerprint density at radius 1 is 0.523 bits per heavy atom. The van der Waals surface area contributed by atoms with E-state index in [9.17, 15) is 14.7 Å². The van der Waals surface area contributed by atoms with Crippen molar-refractivity contribution in [2.75, 3.05) is 13.2 Å². The summed E-state index contributed by atoms with van der Waals surface area (Å²) in [6.45, 7) is 4.07. The predicted octanol–water partition coefficient (Wildman–Crippen LogP) is 11.3. The Kier molecular flexibility index (Phi) is 34.1. The zero-order valence-electron chi connectivity index (χ0n) is 28.9. The molecule has 0 heterocycles. The molecule has 0 rings (SSSR count). The van der Waals surface area contributed by atoms with Crippen LogP contribution in [0.1, 0.15) is 181 Å². The summed E-state index contributed by atoms with van der Waals surface area (Å²) in [6.07, 6.45) is 41.9. The van der Waals surface area contributed by atoms with Crippen LogP contribution in [0.3, 0.4) is 0 Å². The molecule has 1 N–H and O–H groups in total. The summed E-state index contributed by atoms with van der Waals surface area (Å²) < 4.78 is 10.6. The molecular formula is C39H70O5. The van der Waals surface area contributed by atoms with Crippen LogP contribution in [0.15, 0.2) is 36.5 Å². The molecule has 0 saturated heterocycles. The van der Waals surface area contributed by atoms with E-state index in [1.54, 1.807) is 0 Å². The highest BCUT2D eigenvalue weighted by Crippen LogP contribution is 2.12. The summed E-state index contributed by atoms with van der Waals surface area (Å²) in [5.74, 6) is -0.612. The molecule has 0 saturated carbocycles. The van der Waals surface area contributed by atoms with Crippen molar-refractivity contribution in [3.8, 4) is 0 Å². The van der Waals surface area contributed by atoms with Crippen molar-refractivity contribution in [3.63, 3.8) is 0 Å². The minimum atomic E-state index is -0.777. The average molecular weight is 619 g/mol. The van der Waals surface area contributed by atoms with Gasteiger partial charge in [-0.1, -0.05) is 134 Å². The second kappa shape index (κ2) is 35.6. The summed E-state index contributed by atoms with van der Waals surface area (Å²) in [7, 11) is 0. The molecule has 0 aromatic rings. The highest BCUT2D eigenvalue weighted by molar-refractivity contribution is 5.70. The van der Waals surface area contributed by atoms with E-state index in [0.29, 0.717) is 12.8 Å². The largest absolute Gasteiger partial charge is 0.462 e. The third-order valence-corrected chi connectivity index (χ3v) is 7.91. The minimum Gasteiger partial charge on any atom is -0.462 e. The zero-order chi connectivity index (χ0) is 32.2. The van der Waals surface area contributed by atoms with Crippen LogP contribution in [0.2, 0.25) is 0 Å². The quantitative estimate of drug-likeness (QED) is 0.0450. The molecule has 0 bridgehead atoms. The smallest absolute Gasteiger partial charge is 0.306 e. The monoisotopic (exact) mass is 619 g/mol. The zero-order valence-corrected chi connectivity index (χ0v) is 28.9. The highest BCUT2D eigenvalue weighted by Gasteiger charge is 2.16. The Labute approximate surface area is 272 Å². The van der Waals surface area contributed by atoms with Gasteiger partial charge in [-0.15, -0.1) is 0 Å². The number of esters is 2. The molecule has 0 fully saturated rings. The maximum absolute atomic E-state index is 12.1. The lowest BCUT2D eigenvalue weighted by atomic mass is 10.1. The average Bonchev–Trinajstić information content (AvgIpc) is 3.02. The number of aliphatic hydroxyl groups excluding tert-OH is 1. The van der Waals surface area contributed by atoms with Gasteiger partial charge >= 0.3 is 11.9 Å². The van der Waals surface area contributed by atoms with Crippen LogP contribution < -0.4 is 0 Å². The molecule has 0 aromatic heterocycles. The van der Waals surface area contributed by atoms with Crippen LogP contribution in [-0.2, 0) is 19.1 Å². The van der Waals surface area contributed by atoms with Gasteiger partial charge < -0.3 is 14.6 Å². The van der Waals surface area contributed by atoms with Crippen LogP contribution in [-0.4, -0.2) is 36.4 Å². The topological polar surface area (TPSA) is 72.8 Å². The number of carbonyl (C=O) groups excluding carboxylic acids is 2. The third kappa shape index (κ3) is 33.0. The summed E-state index contributed by atoms with van der Waals surface area (Å²) in [4.78, 5) is 24.2. The number of ether oxygens (including phenoxy) is 2. The standard InChI is InChI=1S/C39H70O5/c1-3-5-7-9-11-13-15-17-19-21-23-25-27-29-31-33-38(41)43-36-37(35-40)44-39(42)34-32-30-28-26-24-22-20-18-16-14-12-10-8-6-4-2/h12-15,18,20,37,40H,3-11,16-17,19,21-36H2,1-2H3/b14-12+,15-13+,20-18+/t37-/m0/s1. The Bertz CT molecular complexity index is 711. The maximum Gasteiger partial charge on any atom is 0.306 e.